The summed E-state index contributed by atoms with van der Waals surface area (Å²) in [5, 5.41) is 11.9. The lowest BCUT2D eigenvalue weighted by Gasteiger charge is -2.25. The highest BCUT2D eigenvalue weighted by Gasteiger charge is 2.26. The molecule has 1 aromatic carbocycles. The molecule has 0 fully saturated rings. The standard InChI is InChI=1S/C15H23N3O2S/c1-4-11-17-14-6-8-15(9-7-14)21(19,20)18(13(2)3)12-5-10-16/h6-9,13,17H,4-5,11-12H2,1-3H3. The summed E-state index contributed by atoms with van der Waals surface area (Å²) < 4.78 is 26.6. The average molecular weight is 309 g/mol. The third-order valence-electron chi connectivity index (χ3n) is 3.06. The van der Waals surface area contributed by atoms with Crippen molar-refractivity contribution in [2.75, 3.05) is 18.4 Å². The van der Waals surface area contributed by atoms with Crippen molar-refractivity contribution in [1.29, 1.82) is 5.26 Å². The SMILES string of the molecule is CCCNc1ccc(S(=O)(=O)N(CCC#N)C(C)C)cc1. The molecule has 0 atom stereocenters. The van der Waals surface area contributed by atoms with Gasteiger partial charge in [-0.25, -0.2) is 8.42 Å². The minimum atomic E-state index is -3.56. The lowest BCUT2D eigenvalue weighted by Crippen LogP contribution is -2.37. The van der Waals surface area contributed by atoms with Gasteiger partial charge in [0.05, 0.1) is 11.0 Å². The summed E-state index contributed by atoms with van der Waals surface area (Å²) in [7, 11) is -3.56. The van der Waals surface area contributed by atoms with E-state index in [-0.39, 0.29) is 23.9 Å². The van der Waals surface area contributed by atoms with Crippen molar-refractivity contribution in [3.63, 3.8) is 0 Å². The fraction of sp³-hybridized carbons (Fsp3) is 0.533. The first-order chi connectivity index (χ1) is 9.93. The van der Waals surface area contributed by atoms with E-state index < -0.39 is 10.0 Å². The number of hydrogen-bond acceptors (Lipinski definition) is 4. The van der Waals surface area contributed by atoms with Gasteiger partial charge in [0, 0.05) is 31.2 Å². The van der Waals surface area contributed by atoms with Gasteiger partial charge in [0.1, 0.15) is 0 Å². The van der Waals surface area contributed by atoms with Gasteiger partial charge in [0.2, 0.25) is 10.0 Å². The summed E-state index contributed by atoms with van der Waals surface area (Å²) >= 11 is 0. The lowest BCUT2D eigenvalue weighted by molar-refractivity contribution is 0.360. The molecule has 0 radical (unpaired) electrons. The number of benzene rings is 1. The van der Waals surface area contributed by atoms with Crippen LogP contribution >= 0.6 is 0 Å². The Kier molecular flexibility index (Phi) is 6.66. The largest absolute Gasteiger partial charge is 0.385 e. The van der Waals surface area contributed by atoms with Gasteiger partial charge in [0.15, 0.2) is 0 Å². The van der Waals surface area contributed by atoms with Gasteiger partial charge in [0.25, 0.3) is 0 Å². The Morgan fingerprint density at radius 1 is 1.29 bits per heavy atom. The first-order valence-corrected chi connectivity index (χ1v) is 8.60. The van der Waals surface area contributed by atoms with Gasteiger partial charge in [-0.1, -0.05) is 6.92 Å². The molecular formula is C15H23N3O2S. The molecule has 0 saturated heterocycles. The zero-order chi connectivity index (χ0) is 15.9. The number of nitriles is 1. The lowest BCUT2D eigenvalue weighted by atomic mass is 10.3. The van der Waals surface area contributed by atoms with E-state index in [1.165, 1.54) is 4.31 Å². The quantitative estimate of drug-likeness (QED) is 0.801. The molecule has 1 N–H and O–H groups in total. The summed E-state index contributed by atoms with van der Waals surface area (Å²) in [6.45, 7) is 6.76. The zero-order valence-corrected chi connectivity index (χ0v) is 13.7. The van der Waals surface area contributed by atoms with Crippen LogP contribution in [0.3, 0.4) is 0 Å². The molecule has 1 aromatic rings. The van der Waals surface area contributed by atoms with Crippen LogP contribution in [-0.4, -0.2) is 31.9 Å². The molecule has 0 aromatic heterocycles. The van der Waals surface area contributed by atoms with E-state index in [0.717, 1.165) is 18.7 Å². The van der Waals surface area contributed by atoms with Gasteiger partial charge in [-0.05, 0) is 44.5 Å². The fourth-order valence-electron chi connectivity index (χ4n) is 1.97. The van der Waals surface area contributed by atoms with E-state index in [1.54, 1.807) is 24.3 Å². The van der Waals surface area contributed by atoms with Gasteiger partial charge in [-0.15, -0.1) is 0 Å². The molecule has 0 heterocycles. The number of hydrogen-bond donors (Lipinski definition) is 1. The summed E-state index contributed by atoms with van der Waals surface area (Å²) in [4.78, 5) is 0.260. The highest BCUT2D eigenvalue weighted by Crippen LogP contribution is 2.20. The van der Waals surface area contributed by atoms with Crippen molar-refractivity contribution in [3.8, 4) is 6.07 Å². The Hall–Kier alpha value is -1.58. The molecule has 0 bridgehead atoms. The van der Waals surface area contributed by atoms with Gasteiger partial charge < -0.3 is 5.32 Å². The van der Waals surface area contributed by atoms with Crippen molar-refractivity contribution < 1.29 is 8.42 Å². The zero-order valence-electron chi connectivity index (χ0n) is 12.8. The molecule has 0 aliphatic rings. The van der Waals surface area contributed by atoms with E-state index in [1.807, 2.05) is 19.9 Å². The second-order valence-electron chi connectivity index (χ2n) is 5.07. The maximum Gasteiger partial charge on any atom is 0.243 e. The van der Waals surface area contributed by atoms with E-state index in [2.05, 4.69) is 12.2 Å². The highest BCUT2D eigenvalue weighted by atomic mass is 32.2. The third kappa shape index (κ3) is 4.73. The molecule has 0 saturated carbocycles. The Morgan fingerprint density at radius 2 is 1.90 bits per heavy atom. The van der Waals surface area contributed by atoms with Crippen LogP contribution in [-0.2, 0) is 10.0 Å². The predicted octanol–water partition coefficient (Wildman–Crippen LogP) is 2.82. The second-order valence-corrected chi connectivity index (χ2v) is 6.96. The highest BCUT2D eigenvalue weighted by molar-refractivity contribution is 7.89. The molecule has 0 amide bonds. The summed E-state index contributed by atoms with van der Waals surface area (Å²) in [5.41, 5.74) is 0.906. The van der Waals surface area contributed by atoms with E-state index in [0.29, 0.717) is 0 Å². The average Bonchev–Trinajstić information content (AvgIpc) is 2.45. The van der Waals surface area contributed by atoms with E-state index in [4.69, 9.17) is 5.26 Å². The molecule has 1 rings (SSSR count). The minimum Gasteiger partial charge on any atom is -0.385 e. The first kappa shape index (κ1) is 17.5. The summed E-state index contributed by atoms with van der Waals surface area (Å²) in [6, 6.07) is 8.56. The maximum atomic E-state index is 12.6. The molecule has 6 heteroatoms. The van der Waals surface area contributed by atoms with Crippen LogP contribution in [0.1, 0.15) is 33.6 Å². The first-order valence-electron chi connectivity index (χ1n) is 7.16. The number of nitrogens with zero attached hydrogens (tertiary/aromatic N) is 2. The van der Waals surface area contributed by atoms with Crippen molar-refractivity contribution >= 4 is 15.7 Å². The van der Waals surface area contributed by atoms with E-state index >= 15 is 0 Å². The van der Waals surface area contributed by atoms with Crippen LogP contribution in [0.5, 0.6) is 0 Å². The van der Waals surface area contributed by atoms with Crippen molar-refractivity contribution in [2.24, 2.45) is 0 Å². The smallest absolute Gasteiger partial charge is 0.243 e. The van der Waals surface area contributed by atoms with Crippen LogP contribution in [0.25, 0.3) is 0 Å². The van der Waals surface area contributed by atoms with Crippen LogP contribution in [0.15, 0.2) is 29.2 Å². The van der Waals surface area contributed by atoms with Crippen LogP contribution < -0.4 is 5.32 Å². The van der Waals surface area contributed by atoms with E-state index in [9.17, 15) is 8.42 Å². The molecule has 0 aliphatic heterocycles. The fourth-order valence-corrected chi connectivity index (χ4v) is 3.60. The molecule has 0 unspecified atom stereocenters. The monoisotopic (exact) mass is 309 g/mol. The Morgan fingerprint density at radius 3 is 2.38 bits per heavy atom. The normalized spacial score (nSPS) is 11.6. The third-order valence-corrected chi connectivity index (χ3v) is 5.15. The van der Waals surface area contributed by atoms with Gasteiger partial charge in [-0.3, -0.25) is 0 Å². The molecular weight excluding hydrogens is 286 g/mol. The maximum absolute atomic E-state index is 12.6. The van der Waals surface area contributed by atoms with Crippen molar-refractivity contribution in [2.45, 2.75) is 44.6 Å². The molecule has 5 nitrogen and oxygen atoms in total. The van der Waals surface area contributed by atoms with Crippen LogP contribution in [0.4, 0.5) is 5.69 Å². The molecule has 0 aliphatic carbocycles. The number of rotatable bonds is 8. The summed E-state index contributed by atoms with van der Waals surface area (Å²) in [6.07, 6.45) is 1.20. The Bertz CT molecular complexity index is 574. The Labute approximate surface area is 127 Å². The van der Waals surface area contributed by atoms with Crippen LogP contribution in [0, 0.1) is 11.3 Å². The van der Waals surface area contributed by atoms with Crippen molar-refractivity contribution in [1.82, 2.24) is 4.31 Å². The molecule has 21 heavy (non-hydrogen) atoms. The number of anilines is 1. The topological polar surface area (TPSA) is 73.2 Å². The van der Waals surface area contributed by atoms with Gasteiger partial charge >= 0.3 is 0 Å². The second kappa shape index (κ2) is 8.01. The predicted molar refractivity (Wildman–Crippen MR) is 84.5 cm³/mol. The van der Waals surface area contributed by atoms with Crippen LogP contribution in [0.2, 0.25) is 0 Å². The minimum absolute atomic E-state index is 0.179. The Balaban J connectivity index is 2.97. The number of sulfonamides is 1. The molecule has 116 valence electrons. The van der Waals surface area contributed by atoms with Crippen molar-refractivity contribution in [3.05, 3.63) is 24.3 Å². The number of nitrogens with one attached hydrogen (secondary N) is 1. The molecule has 0 spiro atoms. The summed E-state index contributed by atoms with van der Waals surface area (Å²) in [5.74, 6) is 0. The van der Waals surface area contributed by atoms with Gasteiger partial charge in [-0.2, -0.15) is 9.57 Å².